The van der Waals surface area contributed by atoms with Gasteiger partial charge in [-0.05, 0) is 67.2 Å². The molecule has 0 spiro atoms. The largest absolute Gasteiger partial charge is 0.377 e. The third-order valence-electron chi connectivity index (χ3n) is 4.97. The van der Waals surface area contributed by atoms with E-state index >= 15 is 0 Å². The smallest absolute Gasteiger partial charge is 0.0648 e. The average Bonchev–Trinajstić information content (AvgIpc) is 2.43. The van der Waals surface area contributed by atoms with Gasteiger partial charge in [0.25, 0.3) is 0 Å². The molecule has 0 unspecified atom stereocenters. The summed E-state index contributed by atoms with van der Waals surface area (Å²) >= 11 is 0. The predicted octanol–water partition coefficient (Wildman–Crippen LogP) is 3.63. The Bertz CT molecular complexity index is 343. The Balaban J connectivity index is 1.64. The van der Waals surface area contributed by atoms with Gasteiger partial charge in [-0.15, -0.1) is 0 Å². The fourth-order valence-electron chi connectivity index (χ4n) is 3.46. The van der Waals surface area contributed by atoms with Crippen molar-refractivity contribution in [1.82, 2.24) is 4.90 Å². The minimum atomic E-state index is 0.113. The van der Waals surface area contributed by atoms with Crippen LogP contribution in [0.3, 0.4) is 0 Å². The van der Waals surface area contributed by atoms with Gasteiger partial charge in [0.05, 0.1) is 37.1 Å². The lowest BCUT2D eigenvalue weighted by atomic mass is 9.91. The average molecular weight is 328 g/mol. The molecule has 1 saturated heterocycles. The Hall–Kier alpha value is -0.160. The van der Waals surface area contributed by atoms with E-state index in [0.29, 0.717) is 30.5 Å². The first kappa shape index (κ1) is 19.2. The third kappa shape index (κ3) is 6.00. The van der Waals surface area contributed by atoms with Crippen LogP contribution in [0, 0.1) is 0 Å². The van der Waals surface area contributed by atoms with E-state index < -0.39 is 0 Å². The third-order valence-corrected chi connectivity index (χ3v) is 4.97. The molecule has 0 amide bonds. The lowest BCUT2D eigenvalue weighted by molar-refractivity contribution is -0.149. The fourth-order valence-corrected chi connectivity index (χ4v) is 3.46. The van der Waals surface area contributed by atoms with Crippen molar-refractivity contribution in [2.45, 2.75) is 103 Å². The van der Waals surface area contributed by atoms with Crippen molar-refractivity contribution in [3.8, 4) is 0 Å². The standard InChI is InChI=1S/C19H37NO3/c1-14(2)21-13-19(5,6)20-9-7-16(8-10-20)23-18-11-17(12-18)22-15(3)4/h14-18H,7-13H2,1-6H3. The molecular weight excluding hydrogens is 290 g/mol. The number of rotatable bonds is 8. The Kier molecular flexibility index (Phi) is 6.90. The highest BCUT2D eigenvalue weighted by Crippen LogP contribution is 2.31. The molecule has 2 rings (SSSR count). The molecule has 0 aromatic heterocycles. The van der Waals surface area contributed by atoms with Crippen LogP contribution in [0.5, 0.6) is 0 Å². The maximum atomic E-state index is 6.26. The normalized spacial score (nSPS) is 27.7. The maximum absolute atomic E-state index is 6.26. The summed E-state index contributed by atoms with van der Waals surface area (Å²) in [6, 6.07) is 0. The van der Waals surface area contributed by atoms with Gasteiger partial charge in [-0.25, -0.2) is 0 Å². The zero-order valence-corrected chi connectivity index (χ0v) is 16.0. The highest BCUT2D eigenvalue weighted by Gasteiger charge is 2.36. The van der Waals surface area contributed by atoms with Gasteiger partial charge in [-0.1, -0.05) is 0 Å². The van der Waals surface area contributed by atoms with Crippen LogP contribution < -0.4 is 0 Å². The summed E-state index contributed by atoms with van der Waals surface area (Å²) in [6.45, 7) is 16.0. The quantitative estimate of drug-likeness (QED) is 0.681. The van der Waals surface area contributed by atoms with Crippen LogP contribution in [-0.2, 0) is 14.2 Å². The van der Waals surface area contributed by atoms with Crippen molar-refractivity contribution in [1.29, 1.82) is 0 Å². The first-order valence-electron chi connectivity index (χ1n) is 9.44. The summed E-state index contributed by atoms with van der Waals surface area (Å²) in [7, 11) is 0. The Morgan fingerprint density at radius 3 is 2.04 bits per heavy atom. The van der Waals surface area contributed by atoms with Crippen molar-refractivity contribution in [2.24, 2.45) is 0 Å². The molecule has 1 saturated carbocycles. The van der Waals surface area contributed by atoms with E-state index in [4.69, 9.17) is 14.2 Å². The molecule has 2 aliphatic rings. The summed E-state index contributed by atoms with van der Waals surface area (Å²) in [5.74, 6) is 0. The summed E-state index contributed by atoms with van der Waals surface area (Å²) in [6.07, 6.45) is 6.33. The molecule has 136 valence electrons. The molecular formula is C19H37NO3. The second kappa shape index (κ2) is 8.28. The van der Waals surface area contributed by atoms with Gasteiger partial charge >= 0.3 is 0 Å². The molecule has 1 heterocycles. The van der Waals surface area contributed by atoms with Crippen LogP contribution in [0.4, 0.5) is 0 Å². The van der Waals surface area contributed by atoms with E-state index in [9.17, 15) is 0 Å². The zero-order valence-electron chi connectivity index (χ0n) is 16.0. The van der Waals surface area contributed by atoms with Crippen molar-refractivity contribution in [3.05, 3.63) is 0 Å². The SMILES string of the molecule is CC(C)OCC(C)(C)N1CCC(OC2CC(OC(C)C)C2)CC1. The van der Waals surface area contributed by atoms with Crippen LogP contribution >= 0.6 is 0 Å². The lowest BCUT2D eigenvalue weighted by Gasteiger charge is -2.45. The molecule has 0 radical (unpaired) electrons. The zero-order chi connectivity index (χ0) is 17.0. The molecule has 4 heteroatoms. The molecule has 23 heavy (non-hydrogen) atoms. The molecule has 0 atom stereocenters. The van der Waals surface area contributed by atoms with E-state index in [0.717, 1.165) is 45.4 Å². The number of piperidine rings is 1. The first-order chi connectivity index (χ1) is 10.8. The van der Waals surface area contributed by atoms with Gasteiger partial charge in [-0.3, -0.25) is 4.90 Å². The van der Waals surface area contributed by atoms with Crippen LogP contribution in [0.1, 0.15) is 67.2 Å². The van der Waals surface area contributed by atoms with Crippen molar-refractivity contribution < 1.29 is 14.2 Å². The van der Waals surface area contributed by atoms with Gasteiger partial charge in [0.15, 0.2) is 0 Å². The Labute approximate surface area is 142 Å². The molecule has 2 fully saturated rings. The highest BCUT2D eigenvalue weighted by atomic mass is 16.5. The molecule has 0 bridgehead atoms. The Morgan fingerprint density at radius 1 is 0.913 bits per heavy atom. The number of nitrogens with zero attached hydrogens (tertiary/aromatic N) is 1. The van der Waals surface area contributed by atoms with E-state index in [1.165, 1.54) is 0 Å². The number of hydrogen-bond acceptors (Lipinski definition) is 4. The summed E-state index contributed by atoms with van der Waals surface area (Å²) < 4.78 is 17.9. The number of ether oxygens (including phenoxy) is 3. The van der Waals surface area contributed by atoms with Crippen molar-refractivity contribution in [3.63, 3.8) is 0 Å². The van der Waals surface area contributed by atoms with Crippen molar-refractivity contribution >= 4 is 0 Å². The van der Waals surface area contributed by atoms with Gasteiger partial charge in [-0.2, -0.15) is 0 Å². The van der Waals surface area contributed by atoms with Gasteiger partial charge in [0.1, 0.15) is 0 Å². The second-order valence-corrected chi connectivity index (χ2v) is 8.39. The summed E-state index contributed by atoms with van der Waals surface area (Å²) in [5.41, 5.74) is 0.113. The van der Waals surface area contributed by atoms with Crippen LogP contribution in [-0.4, -0.2) is 60.7 Å². The highest BCUT2D eigenvalue weighted by molar-refractivity contribution is 4.88. The number of hydrogen-bond donors (Lipinski definition) is 0. The topological polar surface area (TPSA) is 30.9 Å². The Morgan fingerprint density at radius 2 is 1.52 bits per heavy atom. The van der Waals surface area contributed by atoms with Gasteiger partial charge in [0, 0.05) is 18.6 Å². The molecule has 0 N–H and O–H groups in total. The van der Waals surface area contributed by atoms with E-state index in [2.05, 4.69) is 46.4 Å². The minimum Gasteiger partial charge on any atom is -0.377 e. The lowest BCUT2D eigenvalue weighted by Crippen LogP contribution is -2.53. The van der Waals surface area contributed by atoms with Gasteiger partial charge < -0.3 is 14.2 Å². The number of likely N-dealkylation sites (tertiary alicyclic amines) is 1. The second-order valence-electron chi connectivity index (χ2n) is 8.39. The van der Waals surface area contributed by atoms with Crippen molar-refractivity contribution in [2.75, 3.05) is 19.7 Å². The summed E-state index contributed by atoms with van der Waals surface area (Å²) in [5, 5.41) is 0. The fraction of sp³-hybridized carbons (Fsp3) is 1.00. The molecule has 1 aliphatic carbocycles. The van der Waals surface area contributed by atoms with Crippen LogP contribution in [0.2, 0.25) is 0 Å². The van der Waals surface area contributed by atoms with E-state index in [1.807, 2.05) is 0 Å². The van der Waals surface area contributed by atoms with E-state index in [-0.39, 0.29) is 5.54 Å². The first-order valence-corrected chi connectivity index (χ1v) is 9.44. The molecule has 0 aromatic rings. The van der Waals surface area contributed by atoms with E-state index in [1.54, 1.807) is 0 Å². The van der Waals surface area contributed by atoms with Gasteiger partial charge in [0.2, 0.25) is 0 Å². The molecule has 1 aliphatic heterocycles. The predicted molar refractivity (Wildman–Crippen MR) is 93.9 cm³/mol. The molecule has 0 aromatic carbocycles. The minimum absolute atomic E-state index is 0.113. The van der Waals surface area contributed by atoms with Crippen LogP contribution in [0.25, 0.3) is 0 Å². The van der Waals surface area contributed by atoms with Crippen LogP contribution in [0.15, 0.2) is 0 Å². The monoisotopic (exact) mass is 327 g/mol. The molecule has 4 nitrogen and oxygen atoms in total. The maximum Gasteiger partial charge on any atom is 0.0648 e. The summed E-state index contributed by atoms with van der Waals surface area (Å²) in [4.78, 5) is 2.56.